The number of aryl methyl sites for hydroxylation is 1. The van der Waals surface area contributed by atoms with Crippen molar-refractivity contribution >= 4 is 17.5 Å². The Bertz CT molecular complexity index is 523. The van der Waals surface area contributed by atoms with E-state index in [0.29, 0.717) is 18.6 Å². The normalized spacial score (nSPS) is 16.3. The molecule has 1 amide bonds. The first-order chi connectivity index (χ1) is 8.67. The molecule has 94 valence electrons. The number of hydrogen-bond acceptors (Lipinski definition) is 4. The van der Waals surface area contributed by atoms with Gasteiger partial charge >= 0.3 is 29.6 Å². The largest absolute Gasteiger partial charge is 1.00 e. The number of hydrogen-bond donors (Lipinski definition) is 0. The minimum atomic E-state index is -0.461. The first-order valence-corrected chi connectivity index (χ1v) is 5.62. The van der Waals surface area contributed by atoms with Crippen LogP contribution in [0.2, 0.25) is 0 Å². The van der Waals surface area contributed by atoms with Gasteiger partial charge in [0, 0.05) is 0 Å². The van der Waals surface area contributed by atoms with Gasteiger partial charge in [0.15, 0.2) is 0 Å². The maximum atomic E-state index is 12.0. The Hall–Kier alpha value is -1.30. The molecule has 5 nitrogen and oxygen atoms in total. The van der Waals surface area contributed by atoms with Crippen LogP contribution >= 0.6 is 0 Å². The fraction of sp³-hybridized carbons (Fsp3) is 0.231. The molecule has 1 aromatic carbocycles. The van der Waals surface area contributed by atoms with Gasteiger partial charge in [-0.05, 0) is 26.0 Å². The van der Waals surface area contributed by atoms with E-state index < -0.39 is 5.91 Å². The average molecular weight is 268 g/mol. The van der Waals surface area contributed by atoms with Crippen LogP contribution in [0.3, 0.4) is 0 Å². The molecule has 1 heterocycles. The number of amides is 1. The zero-order chi connectivity index (χ0) is 13.1. The molecular formula is C13H13N2NaO3. The molecule has 6 heteroatoms. The molecule has 0 aliphatic carbocycles. The molecule has 2 rings (SSSR count). The molecule has 0 bridgehead atoms. The third-order valence-electron chi connectivity index (χ3n) is 2.52. The molecule has 0 unspecified atom stereocenters. The molecule has 1 aliphatic rings. The van der Waals surface area contributed by atoms with Crippen LogP contribution in [0.5, 0.6) is 0 Å². The van der Waals surface area contributed by atoms with Crippen molar-refractivity contribution in [2.45, 2.75) is 13.8 Å². The summed E-state index contributed by atoms with van der Waals surface area (Å²) in [7, 11) is 0. The van der Waals surface area contributed by atoms with E-state index in [1.807, 2.05) is 19.1 Å². The number of carbonyl (C=O) groups excluding carboxylic acids is 1. The molecule has 0 saturated heterocycles. The number of benzene rings is 1. The van der Waals surface area contributed by atoms with Gasteiger partial charge in [-0.25, -0.2) is 0 Å². The van der Waals surface area contributed by atoms with E-state index in [-0.39, 0.29) is 41.0 Å². The SMILES string of the molecule is CCOC1=NN(c2ccc(C)cc2)C(=O)/C1=C\[O-].[Na+]. The van der Waals surface area contributed by atoms with Gasteiger partial charge < -0.3 is 9.84 Å². The summed E-state index contributed by atoms with van der Waals surface area (Å²) in [6.45, 7) is 4.07. The molecule has 0 N–H and O–H groups in total. The Morgan fingerprint density at radius 3 is 2.53 bits per heavy atom. The summed E-state index contributed by atoms with van der Waals surface area (Å²) in [6, 6.07) is 7.29. The van der Waals surface area contributed by atoms with Crippen LogP contribution < -0.4 is 39.7 Å². The number of anilines is 1. The quantitative estimate of drug-likeness (QED) is 0.352. The van der Waals surface area contributed by atoms with Gasteiger partial charge in [-0.2, -0.15) is 5.01 Å². The number of rotatable bonds is 2. The molecule has 1 aliphatic heterocycles. The van der Waals surface area contributed by atoms with E-state index in [0.717, 1.165) is 5.56 Å². The Morgan fingerprint density at radius 1 is 1.37 bits per heavy atom. The zero-order valence-electron chi connectivity index (χ0n) is 11.2. The molecule has 0 radical (unpaired) electrons. The van der Waals surface area contributed by atoms with Crippen molar-refractivity contribution < 1.29 is 44.2 Å². The summed E-state index contributed by atoms with van der Waals surface area (Å²) in [6.07, 6.45) is 0.477. The van der Waals surface area contributed by atoms with Gasteiger partial charge in [-0.15, -0.1) is 11.4 Å². The molecule has 0 aromatic heterocycles. The van der Waals surface area contributed by atoms with E-state index in [9.17, 15) is 9.90 Å². The molecule has 0 fully saturated rings. The first kappa shape index (κ1) is 15.8. The van der Waals surface area contributed by atoms with Crippen LogP contribution in [-0.2, 0) is 9.53 Å². The maximum Gasteiger partial charge on any atom is 1.00 e. The van der Waals surface area contributed by atoms with E-state index in [4.69, 9.17) is 4.74 Å². The predicted octanol–water partition coefficient (Wildman–Crippen LogP) is -2.06. The second-order valence-corrected chi connectivity index (χ2v) is 3.82. The van der Waals surface area contributed by atoms with Gasteiger partial charge in [0.1, 0.15) is 0 Å². The van der Waals surface area contributed by atoms with Crippen LogP contribution in [0.15, 0.2) is 41.2 Å². The van der Waals surface area contributed by atoms with Gasteiger partial charge in [0.2, 0.25) is 5.90 Å². The summed E-state index contributed by atoms with van der Waals surface area (Å²) >= 11 is 0. The fourth-order valence-electron chi connectivity index (χ4n) is 1.60. The van der Waals surface area contributed by atoms with Crippen LogP contribution in [0.1, 0.15) is 12.5 Å². The van der Waals surface area contributed by atoms with Crippen molar-refractivity contribution in [3.8, 4) is 0 Å². The fourth-order valence-corrected chi connectivity index (χ4v) is 1.60. The van der Waals surface area contributed by atoms with Gasteiger partial charge in [-0.1, -0.05) is 17.7 Å². The van der Waals surface area contributed by atoms with Crippen LogP contribution in [0.25, 0.3) is 0 Å². The monoisotopic (exact) mass is 268 g/mol. The van der Waals surface area contributed by atoms with Gasteiger partial charge in [0.05, 0.1) is 17.9 Å². The van der Waals surface area contributed by atoms with E-state index in [1.54, 1.807) is 19.1 Å². The zero-order valence-corrected chi connectivity index (χ0v) is 13.2. The minimum Gasteiger partial charge on any atom is -0.877 e. The molecule has 0 saturated carbocycles. The van der Waals surface area contributed by atoms with Gasteiger partial charge in [-0.3, -0.25) is 4.79 Å². The number of carbonyl (C=O) groups is 1. The van der Waals surface area contributed by atoms with E-state index in [1.165, 1.54) is 5.01 Å². The maximum absolute atomic E-state index is 12.0. The van der Waals surface area contributed by atoms with Crippen molar-refractivity contribution in [3.63, 3.8) is 0 Å². The summed E-state index contributed by atoms with van der Waals surface area (Å²) in [5.41, 5.74) is 1.65. The van der Waals surface area contributed by atoms with Crippen LogP contribution in [0, 0.1) is 6.92 Å². The van der Waals surface area contributed by atoms with E-state index in [2.05, 4.69) is 5.10 Å². The standard InChI is InChI=1S/C13H14N2O3.Na/c1-3-18-12-11(8-16)13(17)15(14-12)10-6-4-9(2)5-7-10;/h4-8,16H,3H2,1-2H3;/q;+1/p-1/b11-8-;. The second-order valence-electron chi connectivity index (χ2n) is 3.82. The van der Waals surface area contributed by atoms with E-state index >= 15 is 0 Å². The minimum absolute atomic E-state index is 0. The smallest absolute Gasteiger partial charge is 0.877 e. The third kappa shape index (κ3) is 3.18. The third-order valence-corrected chi connectivity index (χ3v) is 2.52. The van der Waals surface area contributed by atoms with Crippen molar-refractivity contribution in [2.24, 2.45) is 5.10 Å². The van der Waals surface area contributed by atoms with Gasteiger partial charge in [0.25, 0.3) is 5.91 Å². The molecule has 1 aromatic rings. The summed E-state index contributed by atoms with van der Waals surface area (Å²) in [5.74, 6) is -0.379. The molecular weight excluding hydrogens is 255 g/mol. The Kier molecular flexibility index (Phi) is 5.60. The van der Waals surface area contributed by atoms with Crippen molar-refractivity contribution in [1.82, 2.24) is 0 Å². The number of ether oxygens (including phenoxy) is 1. The molecule has 19 heavy (non-hydrogen) atoms. The van der Waals surface area contributed by atoms with Crippen LogP contribution in [0.4, 0.5) is 5.69 Å². The molecule has 0 spiro atoms. The first-order valence-electron chi connectivity index (χ1n) is 5.62. The van der Waals surface area contributed by atoms with Crippen LogP contribution in [-0.4, -0.2) is 18.4 Å². The Balaban J connectivity index is 0.00000180. The summed E-state index contributed by atoms with van der Waals surface area (Å²) in [5, 5.41) is 16.1. The molecule has 0 atom stereocenters. The second kappa shape index (κ2) is 6.75. The Morgan fingerprint density at radius 2 is 2.00 bits per heavy atom. The van der Waals surface area contributed by atoms with Crippen molar-refractivity contribution in [3.05, 3.63) is 41.7 Å². The predicted molar refractivity (Wildman–Crippen MR) is 65.8 cm³/mol. The number of nitrogens with zero attached hydrogens (tertiary/aromatic N) is 2. The summed E-state index contributed by atoms with van der Waals surface area (Å²) < 4.78 is 5.17. The average Bonchev–Trinajstić information content (AvgIpc) is 2.67. The van der Waals surface area contributed by atoms with Crippen molar-refractivity contribution in [2.75, 3.05) is 11.6 Å². The van der Waals surface area contributed by atoms with Crippen molar-refractivity contribution in [1.29, 1.82) is 0 Å². The summed E-state index contributed by atoms with van der Waals surface area (Å²) in [4.78, 5) is 12.0. The Labute approximate surface area is 133 Å². The number of hydrazone groups is 1. The topological polar surface area (TPSA) is 65.0 Å².